The molecule has 1 aliphatic rings. The number of benzene rings is 2. The lowest BCUT2D eigenvalue weighted by Gasteiger charge is -2.19. The van der Waals surface area contributed by atoms with Crippen LogP contribution in [0.4, 0.5) is 14.5 Å². The van der Waals surface area contributed by atoms with Gasteiger partial charge in [0.15, 0.2) is 11.5 Å². The Kier molecular flexibility index (Phi) is 3.90. The second kappa shape index (κ2) is 5.59. The van der Waals surface area contributed by atoms with Gasteiger partial charge in [-0.15, -0.1) is 8.78 Å². The minimum Gasteiger partial charge on any atom is -0.395 e. The van der Waals surface area contributed by atoms with E-state index < -0.39 is 16.3 Å². The van der Waals surface area contributed by atoms with Gasteiger partial charge in [0.25, 0.3) is 10.0 Å². The van der Waals surface area contributed by atoms with Crippen molar-refractivity contribution in [3.05, 3.63) is 48.0 Å². The van der Waals surface area contributed by atoms with Gasteiger partial charge in [-0.1, -0.05) is 39.0 Å². The van der Waals surface area contributed by atoms with Crippen LogP contribution in [0.5, 0.6) is 11.5 Å². The molecule has 5 nitrogen and oxygen atoms in total. The molecule has 2 aromatic rings. The first-order chi connectivity index (χ1) is 11.5. The predicted octanol–water partition coefficient (Wildman–Crippen LogP) is 4.11. The highest BCUT2D eigenvalue weighted by Gasteiger charge is 2.45. The minimum atomic E-state index is -3.96. The Bertz CT molecular complexity index is 903. The molecule has 1 aliphatic heterocycles. The Morgan fingerprint density at radius 3 is 2.24 bits per heavy atom. The van der Waals surface area contributed by atoms with Crippen LogP contribution in [0, 0.1) is 0 Å². The first kappa shape index (κ1) is 17.5. The number of halogens is 2. The minimum absolute atomic E-state index is 0.0174. The fourth-order valence-corrected chi connectivity index (χ4v) is 3.45. The van der Waals surface area contributed by atoms with Gasteiger partial charge in [0.2, 0.25) is 0 Å². The standard InChI is InChI=1S/C17H17F2NO4S/c1-16(2,3)11-7-9-12(10-8-11)25(21,22)20-13-5-4-6-14-15(13)24-17(18,19)23-14/h4-10,20H,1-3H3. The van der Waals surface area contributed by atoms with Crippen LogP contribution in [0.3, 0.4) is 0 Å². The maximum atomic E-state index is 13.2. The number of hydrogen-bond acceptors (Lipinski definition) is 4. The molecular formula is C17H17F2NO4S. The Labute approximate surface area is 144 Å². The van der Waals surface area contributed by atoms with Crippen molar-refractivity contribution in [2.45, 2.75) is 37.4 Å². The number of fused-ring (bicyclic) bond motifs is 1. The van der Waals surface area contributed by atoms with Crippen molar-refractivity contribution in [1.29, 1.82) is 0 Å². The monoisotopic (exact) mass is 369 g/mol. The van der Waals surface area contributed by atoms with Gasteiger partial charge in [0, 0.05) is 0 Å². The van der Waals surface area contributed by atoms with Gasteiger partial charge in [-0.05, 0) is 35.2 Å². The lowest BCUT2D eigenvalue weighted by Crippen LogP contribution is -2.26. The first-order valence-corrected chi connectivity index (χ1v) is 8.98. The third kappa shape index (κ3) is 3.53. The third-order valence-electron chi connectivity index (χ3n) is 3.70. The smallest absolute Gasteiger partial charge is 0.395 e. The summed E-state index contributed by atoms with van der Waals surface area (Å²) in [5, 5.41) is 0. The molecule has 8 heteroatoms. The van der Waals surface area contributed by atoms with E-state index in [4.69, 9.17) is 0 Å². The molecule has 0 fully saturated rings. The van der Waals surface area contributed by atoms with Gasteiger partial charge in [-0.3, -0.25) is 4.72 Å². The molecule has 0 atom stereocenters. The van der Waals surface area contributed by atoms with Gasteiger partial charge < -0.3 is 9.47 Å². The molecule has 0 bridgehead atoms. The number of nitrogens with one attached hydrogen (secondary N) is 1. The number of alkyl halides is 2. The number of hydrogen-bond donors (Lipinski definition) is 1. The average molecular weight is 369 g/mol. The molecule has 0 aliphatic carbocycles. The van der Waals surface area contributed by atoms with E-state index in [0.717, 1.165) is 5.56 Å². The van der Waals surface area contributed by atoms with E-state index in [1.165, 1.54) is 30.3 Å². The van der Waals surface area contributed by atoms with Crippen molar-refractivity contribution in [3.8, 4) is 11.5 Å². The summed E-state index contributed by atoms with van der Waals surface area (Å²) in [6, 6.07) is 10.4. The molecule has 0 unspecified atom stereocenters. The number of rotatable bonds is 3. The Morgan fingerprint density at radius 2 is 1.64 bits per heavy atom. The number of ether oxygens (including phenoxy) is 2. The maximum Gasteiger partial charge on any atom is 0.586 e. The summed E-state index contributed by atoms with van der Waals surface area (Å²) in [7, 11) is -3.96. The van der Waals surface area contributed by atoms with Gasteiger partial charge in [0.05, 0.1) is 10.6 Å². The SMILES string of the molecule is CC(C)(C)c1ccc(S(=O)(=O)Nc2cccc3c2OC(F)(F)O3)cc1. The average Bonchev–Trinajstić information content (AvgIpc) is 2.81. The van der Waals surface area contributed by atoms with E-state index >= 15 is 0 Å². The summed E-state index contributed by atoms with van der Waals surface area (Å²) in [5.41, 5.74) is 0.741. The van der Waals surface area contributed by atoms with Gasteiger partial charge in [-0.2, -0.15) is 0 Å². The van der Waals surface area contributed by atoms with Crippen molar-refractivity contribution in [1.82, 2.24) is 0 Å². The van der Waals surface area contributed by atoms with Crippen LogP contribution < -0.4 is 14.2 Å². The molecule has 25 heavy (non-hydrogen) atoms. The molecule has 0 aromatic heterocycles. The normalized spacial score (nSPS) is 15.9. The number of anilines is 1. The van der Waals surface area contributed by atoms with Crippen molar-refractivity contribution >= 4 is 15.7 Å². The fourth-order valence-electron chi connectivity index (χ4n) is 2.39. The number of para-hydroxylation sites is 1. The molecule has 0 amide bonds. The van der Waals surface area contributed by atoms with Crippen LogP contribution in [0.2, 0.25) is 0 Å². The zero-order chi connectivity index (χ0) is 18.5. The highest BCUT2D eigenvalue weighted by atomic mass is 32.2. The van der Waals surface area contributed by atoms with Crippen LogP contribution >= 0.6 is 0 Å². The summed E-state index contributed by atoms with van der Waals surface area (Å²) in [6.45, 7) is 6.04. The summed E-state index contributed by atoms with van der Waals surface area (Å²) in [6.07, 6.45) is -3.82. The molecular weight excluding hydrogens is 352 g/mol. The lowest BCUT2D eigenvalue weighted by molar-refractivity contribution is -0.286. The Morgan fingerprint density at radius 1 is 1.00 bits per heavy atom. The fraction of sp³-hybridized carbons (Fsp3) is 0.294. The molecule has 1 heterocycles. The van der Waals surface area contributed by atoms with Gasteiger partial charge >= 0.3 is 6.29 Å². The third-order valence-corrected chi connectivity index (χ3v) is 5.08. The predicted molar refractivity (Wildman–Crippen MR) is 88.6 cm³/mol. The summed E-state index contributed by atoms with van der Waals surface area (Å²) in [5.74, 6) is -0.573. The lowest BCUT2D eigenvalue weighted by atomic mass is 9.87. The van der Waals surface area contributed by atoms with Crippen molar-refractivity contribution in [2.75, 3.05) is 4.72 Å². The molecule has 3 rings (SSSR count). The molecule has 134 valence electrons. The van der Waals surface area contributed by atoms with Crippen LogP contribution in [0.25, 0.3) is 0 Å². The van der Waals surface area contributed by atoms with Crippen molar-refractivity contribution in [3.63, 3.8) is 0 Å². The van der Waals surface area contributed by atoms with Gasteiger partial charge in [-0.25, -0.2) is 8.42 Å². The van der Waals surface area contributed by atoms with Crippen LogP contribution in [0.1, 0.15) is 26.3 Å². The molecule has 1 N–H and O–H groups in total. The van der Waals surface area contributed by atoms with E-state index in [1.54, 1.807) is 12.1 Å². The second-order valence-electron chi connectivity index (χ2n) is 6.68. The molecule has 0 radical (unpaired) electrons. The zero-order valence-electron chi connectivity index (χ0n) is 13.8. The second-order valence-corrected chi connectivity index (χ2v) is 8.36. The Balaban J connectivity index is 1.90. The topological polar surface area (TPSA) is 64.6 Å². The van der Waals surface area contributed by atoms with E-state index in [9.17, 15) is 17.2 Å². The van der Waals surface area contributed by atoms with E-state index in [2.05, 4.69) is 14.2 Å². The van der Waals surface area contributed by atoms with Crippen LogP contribution in [0.15, 0.2) is 47.4 Å². The molecule has 0 spiro atoms. The summed E-state index contributed by atoms with van der Waals surface area (Å²) < 4.78 is 62.4. The first-order valence-electron chi connectivity index (χ1n) is 7.50. The highest BCUT2D eigenvalue weighted by molar-refractivity contribution is 7.92. The van der Waals surface area contributed by atoms with Crippen LogP contribution in [-0.2, 0) is 15.4 Å². The quantitative estimate of drug-likeness (QED) is 0.884. The van der Waals surface area contributed by atoms with E-state index in [-0.39, 0.29) is 27.5 Å². The zero-order valence-corrected chi connectivity index (χ0v) is 14.7. The largest absolute Gasteiger partial charge is 0.586 e. The number of sulfonamides is 1. The Hall–Kier alpha value is -2.35. The highest BCUT2D eigenvalue weighted by Crippen LogP contribution is 2.46. The summed E-state index contributed by atoms with van der Waals surface area (Å²) in [4.78, 5) is 0.0174. The van der Waals surface area contributed by atoms with Crippen molar-refractivity contribution < 1.29 is 26.7 Å². The van der Waals surface area contributed by atoms with Gasteiger partial charge in [0.1, 0.15) is 0 Å². The van der Waals surface area contributed by atoms with E-state index in [1.807, 2.05) is 20.8 Å². The summed E-state index contributed by atoms with van der Waals surface area (Å²) >= 11 is 0. The van der Waals surface area contributed by atoms with Crippen LogP contribution in [-0.4, -0.2) is 14.7 Å². The molecule has 2 aromatic carbocycles. The van der Waals surface area contributed by atoms with Crippen molar-refractivity contribution in [2.24, 2.45) is 0 Å². The molecule has 0 saturated heterocycles. The van der Waals surface area contributed by atoms with E-state index in [0.29, 0.717) is 0 Å². The maximum absolute atomic E-state index is 13.2. The molecule has 0 saturated carbocycles.